The highest BCUT2D eigenvalue weighted by Gasteiger charge is 2.49. The maximum Gasteiger partial charge on any atom is 0.0583 e. The zero-order valence-electron chi connectivity index (χ0n) is 29.1. The minimum atomic E-state index is -0.229. The van der Waals surface area contributed by atoms with Gasteiger partial charge in [-0.1, -0.05) is 134 Å². The molecule has 2 heteroatoms. The second-order valence-corrected chi connectivity index (χ2v) is 16.0. The van der Waals surface area contributed by atoms with Crippen LogP contribution in [0.4, 0.5) is 34.1 Å². The largest absolute Gasteiger partial charge is 0.310 e. The highest BCUT2D eigenvalue weighted by atomic mass is 15.2. The molecule has 9 rings (SSSR count). The molecule has 2 nitrogen and oxygen atoms in total. The van der Waals surface area contributed by atoms with Gasteiger partial charge >= 0.3 is 0 Å². The van der Waals surface area contributed by atoms with Gasteiger partial charge in [-0.05, 0) is 86.0 Å². The molecule has 0 N–H and O–H groups in total. The van der Waals surface area contributed by atoms with Crippen molar-refractivity contribution in [3.05, 3.63) is 161 Å². The number of hydrogen-bond acceptors (Lipinski definition) is 2. The molecule has 48 heavy (non-hydrogen) atoms. The van der Waals surface area contributed by atoms with Gasteiger partial charge in [-0.25, -0.2) is 0 Å². The van der Waals surface area contributed by atoms with E-state index in [1.807, 2.05) is 0 Å². The fraction of sp³-hybridized carbons (Fsp3) is 0.217. The summed E-state index contributed by atoms with van der Waals surface area (Å²) in [6.45, 7) is 21.2. The zero-order chi connectivity index (χ0) is 33.3. The lowest BCUT2D eigenvalue weighted by Crippen LogP contribution is -2.40. The molecule has 0 spiro atoms. The molecule has 0 atom stereocenters. The topological polar surface area (TPSA) is 6.48 Å². The zero-order valence-corrected chi connectivity index (χ0v) is 29.1. The Hall–Kier alpha value is -5.08. The van der Waals surface area contributed by atoms with E-state index in [4.69, 9.17) is 6.58 Å². The Kier molecular flexibility index (Phi) is 5.76. The van der Waals surface area contributed by atoms with Crippen molar-refractivity contribution in [3.63, 3.8) is 0 Å². The van der Waals surface area contributed by atoms with E-state index in [0.717, 1.165) is 22.6 Å². The second-order valence-electron chi connectivity index (χ2n) is 16.0. The molecule has 0 saturated heterocycles. The highest BCUT2D eigenvalue weighted by Crippen LogP contribution is 2.65. The first kappa shape index (κ1) is 29.1. The van der Waals surface area contributed by atoms with Crippen molar-refractivity contribution in [2.45, 2.75) is 64.7 Å². The number of nitrogens with zero attached hydrogens (tertiary/aromatic N) is 2. The number of para-hydroxylation sites is 2. The fourth-order valence-corrected chi connectivity index (χ4v) is 8.67. The minimum absolute atomic E-state index is 0.0750. The maximum absolute atomic E-state index is 4.82. The van der Waals surface area contributed by atoms with E-state index in [1.54, 1.807) is 0 Å². The van der Waals surface area contributed by atoms with Gasteiger partial charge in [0.15, 0.2) is 0 Å². The number of hydrogen-bond donors (Lipinski definition) is 0. The third-order valence-corrected chi connectivity index (χ3v) is 11.4. The summed E-state index contributed by atoms with van der Waals surface area (Å²) >= 11 is 0. The number of rotatable bonds is 3. The Labute approximate surface area is 285 Å². The summed E-state index contributed by atoms with van der Waals surface area (Å²) < 4.78 is 0. The number of anilines is 6. The van der Waals surface area contributed by atoms with Crippen LogP contribution in [-0.2, 0) is 16.2 Å². The summed E-state index contributed by atoms with van der Waals surface area (Å²) in [4.78, 5) is 5.03. The highest BCUT2D eigenvalue weighted by molar-refractivity contribution is 6.08. The lowest BCUT2D eigenvalue weighted by atomic mass is 9.64. The summed E-state index contributed by atoms with van der Waals surface area (Å²) in [5, 5.41) is 2.47. The van der Waals surface area contributed by atoms with Crippen LogP contribution in [0.3, 0.4) is 0 Å². The van der Waals surface area contributed by atoms with E-state index < -0.39 is 0 Å². The Morgan fingerprint density at radius 3 is 1.79 bits per heavy atom. The Balaban J connectivity index is 1.34. The standard InChI is InChI=1S/C46H42N2/c1-28-35-15-11-16-37-41(35)48-42-36(28)26-34(27-40(42)46(7,8)39-18-12-17-38(43(39)48)45(37,5)6)47(32-23-20-31(21-24-32)44(2,3)4)33-22-19-29-13-9-10-14-30(29)25-33/h9-27H,1H2,2-8H3. The summed E-state index contributed by atoms with van der Waals surface area (Å²) in [6, 6.07) is 43.3. The predicted molar refractivity (Wildman–Crippen MR) is 204 cm³/mol. The molecule has 3 heterocycles. The molecule has 6 aromatic carbocycles. The molecular weight excluding hydrogens is 581 g/mol. The van der Waals surface area contributed by atoms with E-state index >= 15 is 0 Å². The first-order valence-electron chi connectivity index (χ1n) is 17.2. The number of benzene rings is 6. The summed E-state index contributed by atoms with van der Waals surface area (Å²) in [7, 11) is 0. The van der Waals surface area contributed by atoms with Crippen LogP contribution in [0.1, 0.15) is 87.4 Å². The second kappa shape index (κ2) is 9.51. The van der Waals surface area contributed by atoms with Gasteiger partial charge in [0.2, 0.25) is 0 Å². The molecule has 0 bridgehead atoms. The van der Waals surface area contributed by atoms with Crippen LogP contribution in [0.5, 0.6) is 0 Å². The van der Waals surface area contributed by atoms with Crippen molar-refractivity contribution >= 4 is 50.5 Å². The predicted octanol–water partition coefficient (Wildman–Crippen LogP) is 12.7. The Morgan fingerprint density at radius 1 is 0.521 bits per heavy atom. The van der Waals surface area contributed by atoms with Gasteiger partial charge in [-0.15, -0.1) is 0 Å². The van der Waals surface area contributed by atoms with Crippen molar-refractivity contribution in [2.75, 3.05) is 9.80 Å². The molecule has 6 aromatic rings. The fourth-order valence-electron chi connectivity index (χ4n) is 8.67. The van der Waals surface area contributed by atoms with Gasteiger partial charge in [-0.2, -0.15) is 0 Å². The van der Waals surface area contributed by atoms with Crippen LogP contribution in [0.25, 0.3) is 16.3 Å². The van der Waals surface area contributed by atoms with Gasteiger partial charge < -0.3 is 9.80 Å². The van der Waals surface area contributed by atoms with Crippen molar-refractivity contribution < 1.29 is 0 Å². The van der Waals surface area contributed by atoms with Gasteiger partial charge in [0.1, 0.15) is 0 Å². The lowest BCUT2D eigenvalue weighted by molar-refractivity contribution is 0.590. The quantitative estimate of drug-likeness (QED) is 0.193. The normalized spacial score (nSPS) is 16.1. The van der Waals surface area contributed by atoms with Crippen LogP contribution in [0.15, 0.2) is 122 Å². The molecule has 3 aliphatic heterocycles. The van der Waals surface area contributed by atoms with Gasteiger partial charge in [0, 0.05) is 39.0 Å². The average Bonchev–Trinajstić information content (AvgIpc) is 3.07. The third-order valence-electron chi connectivity index (χ3n) is 11.4. The Morgan fingerprint density at radius 2 is 1.10 bits per heavy atom. The molecule has 236 valence electrons. The molecule has 0 radical (unpaired) electrons. The summed E-state index contributed by atoms with van der Waals surface area (Å²) in [6.07, 6.45) is 0. The smallest absolute Gasteiger partial charge is 0.0583 e. The number of fused-ring (bicyclic) bond motifs is 1. The molecule has 0 aliphatic carbocycles. The van der Waals surface area contributed by atoms with Gasteiger partial charge in [-0.3, -0.25) is 0 Å². The average molecular weight is 623 g/mol. The van der Waals surface area contributed by atoms with E-state index in [-0.39, 0.29) is 16.2 Å². The SMILES string of the molecule is C=C1c2cccc3c2N2c4c1cc(N(c1ccc(C(C)(C)C)cc1)c1ccc5ccccc5c1)cc4C(C)(C)c1cccc(c12)C3(C)C. The van der Waals surface area contributed by atoms with Crippen LogP contribution >= 0.6 is 0 Å². The first-order valence-corrected chi connectivity index (χ1v) is 17.2. The molecule has 0 amide bonds. The van der Waals surface area contributed by atoms with E-state index in [0.29, 0.717) is 0 Å². The summed E-state index contributed by atoms with van der Waals surface area (Å²) in [5.41, 5.74) is 17.4. The third kappa shape index (κ3) is 3.80. The van der Waals surface area contributed by atoms with Crippen molar-refractivity contribution in [2.24, 2.45) is 0 Å². The minimum Gasteiger partial charge on any atom is -0.310 e. The van der Waals surface area contributed by atoms with Gasteiger partial charge in [0.25, 0.3) is 0 Å². The van der Waals surface area contributed by atoms with Crippen molar-refractivity contribution in [1.29, 1.82) is 0 Å². The molecule has 0 fully saturated rings. The Bertz CT molecular complexity index is 2350. The molecular formula is C46H42N2. The van der Waals surface area contributed by atoms with Crippen LogP contribution in [0, 0.1) is 0 Å². The lowest BCUT2D eigenvalue weighted by Gasteiger charge is -2.52. The van der Waals surface area contributed by atoms with Crippen molar-refractivity contribution in [1.82, 2.24) is 0 Å². The maximum atomic E-state index is 4.82. The molecule has 3 aliphatic rings. The summed E-state index contributed by atoms with van der Waals surface area (Å²) in [5.74, 6) is 0. The molecule has 0 unspecified atom stereocenters. The molecule has 0 saturated carbocycles. The van der Waals surface area contributed by atoms with E-state index in [2.05, 4.69) is 174 Å². The van der Waals surface area contributed by atoms with E-state index in [1.165, 1.54) is 66.8 Å². The van der Waals surface area contributed by atoms with Crippen LogP contribution in [0.2, 0.25) is 0 Å². The molecule has 0 aromatic heterocycles. The van der Waals surface area contributed by atoms with Crippen LogP contribution in [-0.4, -0.2) is 0 Å². The van der Waals surface area contributed by atoms with Crippen LogP contribution < -0.4 is 9.80 Å². The van der Waals surface area contributed by atoms with Crippen molar-refractivity contribution in [3.8, 4) is 0 Å². The van der Waals surface area contributed by atoms with Gasteiger partial charge in [0.05, 0.1) is 17.1 Å². The van der Waals surface area contributed by atoms with E-state index in [9.17, 15) is 0 Å². The first-order chi connectivity index (χ1) is 22.9. The monoisotopic (exact) mass is 622 g/mol.